The van der Waals surface area contributed by atoms with Gasteiger partial charge in [0.15, 0.2) is 0 Å². The number of carbonyl (C=O) groups excluding carboxylic acids is 1. The van der Waals surface area contributed by atoms with E-state index < -0.39 is 0 Å². The predicted octanol–water partition coefficient (Wildman–Crippen LogP) is 3.02. The number of amides is 1. The first-order valence-corrected chi connectivity index (χ1v) is 7.07. The summed E-state index contributed by atoms with van der Waals surface area (Å²) in [6.07, 6.45) is 8.98. The Balaban J connectivity index is 1.77. The van der Waals surface area contributed by atoms with Crippen molar-refractivity contribution in [1.82, 2.24) is 15.5 Å². The molecule has 2 aromatic rings. The lowest BCUT2D eigenvalue weighted by molar-refractivity contribution is 0.0935. The van der Waals surface area contributed by atoms with E-state index in [4.69, 9.17) is 0 Å². The third-order valence-electron chi connectivity index (χ3n) is 3.91. The van der Waals surface area contributed by atoms with Crippen LogP contribution in [0.1, 0.15) is 48.9 Å². The molecule has 0 spiro atoms. The second-order valence-corrected chi connectivity index (χ2v) is 5.30. The van der Waals surface area contributed by atoms with E-state index in [-0.39, 0.29) is 5.91 Å². The quantitative estimate of drug-likeness (QED) is 0.812. The van der Waals surface area contributed by atoms with Gasteiger partial charge in [0.05, 0.1) is 17.3 Å². The molecular weight excluding hydrogens is 238 g/mol. The van der Waals surface area contributed by atoms with E-state index in [2.05, 4.69) is 15.5 Å². The van der Waals surface area contributed by atoms with E-state index >= 15 is 0 Å². The van der Waals surface area contributed by atoms with Crippen molar-refractivity contribution in [2.45, 2.75) is 44.6 Å². The highest BCUT2D eigenvalue weighted by Gasteiger charge is 2.17. The van der Waals surface area contributed by atoms with Crippen LogP contribution in [0.5, 0.6) is 0 Å². The summed E-state index contributed by atoms with van der Waals surface area (Å²) in [6.45, 7) is 0. The van der Waals surface area contributed by atoms with Gasteiger partial charge >= 0.3 is 0 Å². The molecule has 3 rings (SSSR count). The maximum Gasteiger partial charge on any atom is 0.253 e. The van der Waals surface area contributed by atoms with Crippen LogP contribution < -0.4 is 5.32 Å². The fourth-order valence-electron chi connectivity index (χ4n) is 2.84. The van der Waals surface area contributed by atoms with Crippen molar-refractivity contribution in [1.29, 1.82) is 0 Å². The van der Waals surface area contributed by atoms with Crippen LogP contribution in [-0.4, -0.2) is 22.1 Å². The summed E-state index contributed by atoms with van der Waals surface area (Å²) in [5.74, 6) is 0.0155. The summed E-state index contributed by atoms with van der Waals surface area (Å²) in [7, 11) is 0. The van der Waals surface area contributed by atoms with Crippen molar-refractivity contribution in [2.24, 2.45) is 0 Å². The number of hydrogen-bond acceptors (Lipinski definition) is 2. The smallest absolute Gasteiger partial charge is 0.253 e. The first kappa shape index (κ1) is 12.2. The highest BCUT2D eigenvalue weighted by atomic mass is 16.1. The lowest BCUT2D eigenvalue weighted by atomic mass is 10.1. The number of fused-ring (bicyclic) bond motifs is 1. The molecule has 100 valence electrons. The van der Waals surface area contributed by atoms with E-state index in [1.807, 2.05) is 18.2 Å². The third-order valence-corrected chi connectivity index (χ3v) is 3.91. The Morgan fingerprint density at radius 1 is 1.21 bits per heavy atom. The molecule has 0 unspecified atom stereocenters. The number of nitrogens with zero attached hydrogens (tertiary/aromatic N) is 1. The topological polar surface area (TPSA) is 57.8 Å². The molecule has 4 nitrogen and oxygen atoms in total. The molecule has 1 aromatic heterocycles. The molecule has 0 saturated heterocycles. The van der Waals surface area contributed by atoms with Crippen LogP contribution in [0, 0.1) is 0 Å². The molecule has 0 radical (unpaired) electrons. The number of aromatic amines is 1. The zero-order valence-corrected chi connectivity index (χ0v) is 11.0. The van der Waals surface area contributed by atoms with Crippen LogP contribution in [0.25, 0.3) is 10.9 Å². The summed E-state index contributed by atoms with van der Waals surface area (Å²) in [6, 6.07) is 6.04. The van der Waals surface area contributed by atoms with E-state index in [0.29, 0.717) is 11.6 Å². The van der Waals surface area contributed by atoms with Crippen molar-refractivity contribution >= 4 is 16.8 Å². The maximum atomic E-state index is 12.4. The van der Waals surface area contributed by atoms with Crippen molar-refractivity contribution in [3.05, 3.63) is 30.0 Å². The van der Waals surface area contributed by atoms with Gasteiger partial charge in [0, 0.05) is 11.4 Å². The summed E-state index contributed by atoms with van der Waals surface area (Å²) in [4.78, 5) is 12.4. The molecule has 1 heterocycles. The SMILES string of the molecule is O=C(NC1CCCCCC1)c1cccc2cn[nH]c12. The Morgan fingerprint density at radius 3 is 2.79 bits per heavy atom. The van der Waals surface area contributed by atoms with Crippen LogP contribution in [0.15, 0.2) is 24.4 Å². The zero-order valence-electron chi connectivity index (χ0n) is 11.0. The molecule has 0 atom stereocenters. The molecule has 1 aromatic carbocycles. The van der Waals surface area contributed by atoms with Crippen molar-refractivity contribution < 1.29 is 4.79 Å². The highest BCUT2D eigenvalue weighted by molar-refractivity contribution is 6.05. The second-order valence-electron chi connectivity index (χ2n) is 5.30. The van der Waals surface area contributed by atoms with E-state index in [1.165, 1.54) is 25.7 Å². The Bertz CT molecular complexity index is 568. The molecule has 1 aliphatic rings. The van der Waals surface area contributed by atoms with E-state index in [1.54, 1.807) is 6.20 Å². The summed E-state index contributed by atoms with van der Waals surface area (Å²) >= 11 is 0. The van der Waals surface area contributed by atoms with Gasteiger partial charge in [0.1, 0.15) is 0 Å². The molecule has 19 heavy (non-hydrogen) atoms. The monoisotopic (exact) mass is 257 g/mol. The Labute approximate surface area is 112 Å². The van der Waals surface area contributed by atoms with Crippen LogP contribution in [-0.2, 0) is 0 Å². The van der Waals surface area contributed by atoms with Gasteiger partial charge in [-0.25, -0.2) is 0 Å². The lowest BCUT2D eigenvalue weighted by Gasteiger charge is -2.16. The van der Waals surface area contributed by atoms with Gasteiger partial charge in [-0.1, -0.05) is 37.8 Å². The normalized spacial score (nSPS) is 17.3. The fourth-order valence-corrected chi connectivity index (χ4v) is 2.84. The van der Waals surface area contributed by atoms with Crippen LogP contribution in [0.2, 0.25) is 0 Å². The minimum absolute atomic E-state index is 0.0155. The standard InChI is InChI=1S/C15H19N3O/c19-15(17-12-7-3-1-2-4-8-12)13-9-5-6-11-10-16-18-14(11)13/h5-6,9-10,12H,1-4,7-8H2,(H,16,18)(H,17,19). The van der Waals surface area contributed by atoms with Gasteiger partial charge in [0.2, 0.25) is 0 Å². The van der Waals surface area contributed by atoms with Crippen LogP contribution >= 0.6 is 0 Å². The molecule has 1 aliphatic carbocycles. The first-order valence-electron chi connectivity index (χ1n) is 7.07. The first-order chi connectivity index (χ1) is 9.34. The summed E-state index contributed by atoms with van der Waals surface area (Å²) < 4.78 is 0. The summed E-state index contributed by atoms with van der Waals surface area (Å²) in [5, 5.41) is 11.1. The van der Waals surface area contributed by atoms with Crippen molar-refractivity contribution in [2.75, 3.05) is 0 Å². The average molecular weight is 257 g/mol. The Hall–Kier alpha value is -1.84. The number of rotatable bonds is 2. The van der Waals surface area contributed by atoms with Crippen LogP contribution in [0.4, 0.5) is 0 Å². The highest BCUT2D eigenvalue weighted by Crippen LogP contribution is 2.19. The van der Waals surface area contributed by atoms with Crippen LogP contribution in [0.3, 0.4) is 0 Å². The van der Waals surface area contributed by atoms with E-state index in [0.717, 1.165) is 23.7 Å². The minimum atomic E-state index is 0.0155. The van der Waals surface area contributed by atoms with Gasteiger partial charge in [-0.2, -0.15) is 5.10 Å². The lowest BCUT2D eigenvalue weighted by Crippen LogP contribution is -2.34. The molecule has 1 fully saturated rings. The van der Waals surface area contributed by atoms with E-state index in [9.17, 15) is 4.79 Å². The number of H-pyrrole nitrogens is 1. The number of nitrogens with one attached hydrogen (secondary N) is 2. The number of carbonyl (C=O) groups is 1. The summed E-state index contributed by atoms with van der Waals surface area (Å²) in [5.41, 5.74) is 1.52. The molecule has 1 saturated carbocycles. The molecule has 0 bridgehead atoms. The van der Waals surface area contributed by atoms with Gasteiger partial charge in [-0.3, -0.25) is 9.89 Å². The zero-order chi connectivity index (χ0) is 13.1. The molecule has 4 heteroatoms. The minimum Gasteiger partial charge on any atom is -0.349 e. The van der Waals surface area contributed by atoms with Gasteiger partial charge in [-0.15, -0.1) is 0 Å². The number of benzene rings is 1. The maximum absolute atomic E-state index is 12.4. The molecular formula is C15H19N3O. The number of hydrogen-bond donors (Lipinski definition) is 2. The van der Waals surface area contributed by atoms with Gasteiger partial charge < -0.3 is 5.32 Å². The molecule has 2 N–H and O–H groups in total. The average Bonchev–Trinajstić information content (AvgIpc) is 2.76. The fraction of sp³-hybridized carbons (Fsp3) is 0.467. The molecule has 0 aliphatic heterocycles. The van der Waals surface area contributed by atoms with Gasteiger partial charge in [-0.05, 0) is 18.9 Å². The third kappa shape index (κ3) is 2.62. The Morgan fingerprint density at radius 2 is 2.00 bits per heavy atom. The van der Waals surface area contributed by atoms with Gasteiger partial charge in [0.25, 0.3) is 5.91 Å². The van der Waals surface area contributed by atoms with Crippen molar-refractivity contribution in [3.63, 3.8) is 0 Å². The Kier molecular flexibility index (Phi) is 3.49. The van der Waals surface area contributed by atoms with Crippen molar-refractivity contribution in [3.8, 4) is 0 Å². The predicted molar refractivity (Wildman–Crippen MR) is 75.0 cm³/mol. The number of para-hydroxylation sites is 1. The molecule has 1 amide bonds. The largest absolute Gasteiger partial charge is 0.349 e. The second kappa shape index (κ2) is 5.43. The number of aromatic nitrogens is 2.